The van der Waals surface area contributed by atoms with Gasteiger partial charge in [0.25, 0.3) is 0 Å². The molecule has 0 aromatic heterocycles. The molecule has 342 valence electrons. The predicted octanol–water partition coefficient (Wildman–Crippen LogP) is 16.6. The third-order valence-corrected chi connectivity index (χ3v) is 11.5. The van der Waals surface area contributed by atoms with Gasteiger partial charge in [0.05, 0.1) is 0 Å². The van der Waals surface area contributed by atoms with Gasteiger partial charge in [-0.15, -0.1) is 0 Å². The number of carbonyl (C=O) groups is 3. The van der Waals surface area contributed by atoms with Crippen molar-refractivity contribution in [3.05, 3.63) is 12.2 Å². The predicted molar refractivity (Wildman–Crippen MR) is 247 cm³/mol. The van der Waals surface area contributed by atoms with Crippen molar-refractivity contribution < 1.29 is 28.6 Å². The third-order valence-electron chi connectivity index (χ3n) is 11.5. The van der Waals surface area contributed by atoms with Crippen LogP contribution in [0.4, 0.5) is 0 Å². The van der Waals surface area contributed by atoms with Crippen molar-refractivity contribution >= 4 is 17.9 Å². The molecule has 6 nitrogen and oxygen atoms in total. The molecule has 0 radical (unpaired) electrons. The zero-order valence-corrected chi connectivity index (χ0v) is 39.1. The molecule has 0 aromatic carbocycles. The fourth-order valence-electron chi connectivity index (χ4n) is 7.61. The minimum absolute atomic E-state index is 0.0682. The number of esters is 3. The van der Waals surface area contributed by atoms with E-state index in [2.05, 4.69) is 32.9 Å². The van der Waals surface area contributed by atoms with E-state index < -0.39 is 6.10 Å². The van der Waals surface area contributed by atoms with Crippen LogP contribution < -0.4 is 0 Å². The van der Waals surface area contributed by atoms with E-state index in [1.807, 2.05) is 0 Å². The maximum atomic E-state index is 12.7. The Morgan fingerprint density at radius 3 is 0.897 bits per heavy atom. The molecular formula is C52H98O6. The zero-order chi connectivity index (χ0) is 42.3. The van der Waals surface area contributed by atoms with Crippen molar-refractivity contribution in [1.29, 1.82) is 0 Å². The number of ether oxygens (including phenoxy) is 3. The lowest BCUT2D eigenvalue weighted by atomic mass is 10.0. The molecular weight excluding hydrogens is 721 g/mol. The van der Waals surface area contributed by atoms with Gasteiger partial charge < -0.3 is 14.2 Å². The average Bonchev–Trinajstić information content (AvgIpc) is 3.22. The maximum Gasteiger partial charge on any atom is 0.306 e. The van der Waals surface area contributed by atoms with Crippen LogP contribution in [-0.4, -0.2) is 37.2 Å². The second-order valence-electron chi connectivity index (χ2n) is 17.4. The number of hydrogen-bond acceptors (Lipinski definition) is 6. The van der Waals surface area contributed by atoms with Crippen molar-refractivity contribution in [2.75, 3.05) is 13.2 Å². The summed E-state index contributed by atoms with van der Waals surface area (Å²) in [7, 11) is 0. The van der Waals surface area contributed by atoms with Crippen LogP contribution in [0.3, 0.4) is 0 Å². The first-order valence-corrected chi connectivity index (χ1v) is 25.7. The van der Waals surface area contributed by atoms with Gasteiger partial charge in [0.1, 0.15) is 13.2 Å². The molecule has 0 saturated heterocycles. The molecule has 1 atom stereocenters. The largest absolute Gasteiger partial charge is 0.462 e. The van der Waals surface area contributed by atoms with Crippen molar-refractivity contribution in [1.82, 2.24) is 0 Å². The number of hydrogen-bond donors (Lipinski definition) is 0. The first kappa shape index (κ1) is 56.1. The zero-order valence-electron chi connectivity index (χ0n) is 39.1. The van der Waals surface area contributed by atoms with Gasteiger partial charge in [0.15, 0.2) is 6.10 Å². The van der Waals surface area contributed by atoms with Crippen LogP contribution in [0.15, 0.2) is 12.2 Å². The Hall–Kier alpha value is -1.85. The summed E-state index contributed by atoms with van der Waals surface area (Å²) in [5.41, 5.74) is 0. The fourth-order valence-corrected chi connectivity index (χ4v) is 7.61. The van der Waals surface area contributed by atoms with E-state index in [9.17, 15) is 14.4 Å². The molecule has 0 rings (SSSR count). The van der Waals surface area contributed by atoms with Gasteiger partial charge in [-0.1, -0.05) is 232 Å². The lowest BCUT2D eigenvalue weighted by Gasteiger charge is -2.18. The van der Waals surface area contributed by atoms with Crippen LogP contribution in [0.1, 0.15) is 284 Å². The summed E-state index contributed by atoms with van der Waals surface area (Å²) in [5, 5.41) is 0. The van der Waals surface area contributed by atoms with Crippen LogP contribution in [0, 0.1) is 0 Å². The van der Waals surface area contributed by atoms with E-state index in [4.69, 9.17) is 14.2 Å². The second kappa shape index (κ2) is 47.8. The van der Waals surface area contributed by atoms with E-state index in [1.165, 1.54) is 180 Å². The molecule has 0 aliphatic carbocycles. The molecule has 0 aliphatic rings. The van der Waals surface area contributed by atoms with Crippen LogP contribution >= 0.6 is 0 Å². The number of allylic oxidation sites excluding steroid dienone is 2. The molecule has 0 unspecified atom stereocenters. The van der Waals surface area contributed by atoms with Crippen LogP contribution in [0.2, 0.25) is 0 Å². The van der Waals surface area contributed by atoms with Gasteiger partial charge in [-0.3, -0.25) is 14.4 Å². The van der Waals surface area contributed by atoms with E-state index in [0.29, 0.717) is 19.3 Å². The molecule has 0 bridgehead atoms. The van der Waals surface area contributed by atoms with E-state index in [-0.39, 0.29) is 31.1 Å². The third kappa shape index (κ3) is 45.2. The number of rotatable bonds is 47. The van der Waals surface area contributed by atoms with Gasteiger partial charge in [-0.05, 0) is 44.9 Å². The summed E-state index contributed by atoms with van der Waals surface area (Å²) in [6.45, 7) is 6.63. The molecule has 0 amide bonds. The number of carbonyl (C=O) groups excluding carboxylic acids is 3. The molecule has 0 heterocycles. The highest BCUT2D eigenvalue weighted by molar-refractivity contribution is 5.71. The van der Waals surface area contributed by atoms with Crippen LogP contribution in [0.5, 0.6) is 0 Å². The lowest BCUT2D eigenvalue weighted by molar-refractivity contribution is -0.167. The average molecular weight is 819 g/mol. The Morgan fingerprint density at radius 2 is 0.569 bits per heavy atom. The molecule has 6 heteroatoms. The van der Waals surface area contributed by atoms with Gasteiger partial charge in [0, 0.05) is 19.3 Å². The van der Waals surface area contributed by atoms with Crippen molar-refractivity contribution in [2.24, 2.45) is 0 Å². The van der Waals surface area contributed by atoms with E-state index >= 15 is 0 Å². The number of unbranched alkanes of at least 4 members (excludes halogenated alkanes) is 34. The normalized spacial score (nSPS) is 12.0. The lowest BCUT2D eigenvalue weighted by Crippen LogP contribution is -2.30. The Balaban J connectivity index is 4.29. The van der Waals surface area contributed by atoms with Gasteiger partial charge in [-0.25, -0.2) is 0 Å². The van der Waals surface area contributed by atoms with Crippen molar-refractivity contribution in [3.8, 4) is 0 Å². The highest BCUT2D eigenvalue weighted by atomic mass is 16.6. The van der Waals surface area contributed by atoms with E-state index in [0.717, 1.165) is 64.2 Å². The molecule has 0 fully saturated rings. The van der Waals surface area contributed by atoms with Crippen LogP contribution in [-0.2, 0) is 28.6 Å². The summed E-state index contributed by atoms with van der Waals surface area (Å²) in [6.07, 6.45) is 51.9. The van der Waals surface area contributed by atoms with Gasteiger partial charge >= 0.3 is 17.9 Å². The Morgan fingerprint density at radius 1 is 0.328 bits per heavy atom. The standard InChI is InChI=1S/C52H98O6/c1-4-7-10-13-16-19-22-24-25-26-27-28-31-33-36-39-42-45-51(54)57-48-49(47-56-50(53)44-41-38-35-32-29-21-18-15-12-9-6-3)58-52(55)46-43-40-37-34-30-23-20-17-14-11-8-5-2/h17,20,49H,4-16,18-19,21-48H2,1-3H3/b20-17-/t49-/m1/s1. The first-order valence-electron chi connectivity index (χ1n) is 25.7. The highest BCUT2D eigenvalue weighted by Crippen LogP contribution is 2.16. The second-order valence-corrected chi connectivity index (χ2v) is 17.4. The topological polar surface area (TPSA) is 78.9 Å². The Bertz CT molecular complexity index is 900. The van der Waals surface area contributed by atoms with Crippen molar-refractivity contribution in [2.45, 2.75) is 290 Å². The van der Waals surface area contributed by atoms with Crippen LogP contribution in [0.25, 0.3) is 0 Å². The molecule has 0 aliphatic heterocycles. The summed E-state index contributed by atoms with van der Waals surface area (Å²) in [5.74, 6) is -0.863. The smallest absolute Gasteiger partial charge is 0.306 e. The quantitative estimate of drug-likeness (QED) is 0.0263. The van der Waals surface area contributed by atoms with Gasteiger partial charge in [0.2, 0.25) is 0 Å². The Labute approximate surface area is 360 Å². The summed E-state index contributed by atoms with van der Waals surface area (Å²) >= 11 is 0. The summed E-state index contributed by atoms with van der Waals surface area (Å²) in [4.78, 5) is 37.9. The molecule has 58 heavy (non-hydrogen) atoms. The molecule has 0 aromatic rings. The maximum absolute atomic E-state index is 12.7. The van der Waals surface area contributed by atoms with Crippen molar-refractivity contribution in [3.63, 3.8) is 0 Å². The summed E-state index contributed by atoms with van der Waals surface area (Å²) in [6, 6.07) is 0. The van der Waals surface area contributed by atoms with E-state index in [1.54, 1.807) is 0 Å². The molecule has 0 spiro atoms. The highest BCUT2D eigenvalue weighted by Gasteiger charge is 2.19. The minimum atomic E-state index is -0.766. The molecule has 0 N–H and O–H groups in total. The SMILES string of the molecule is CCCCC/C=C\CCCCCCCC(=O)O[C@H](COC(=O)CCCCCCCCCCCCC)COC(=O)CCCCCCCCCCCCCCCCCCC. The fraction of sp³-hybridized carbons (Fsp3) is 0.904. The minimum Gasteiger partial charge on any atom is -0.462 e. The summed E-state index contributed by atoms with van der Waals surface area (Å²) < 4.78 is 16.8. The van der Waals surface area contributed by atoms with Gasteiger partial charge in [-0.2, -0.15) is 0 Å². The first-order chi connectivity index (χ1) is 28.5. The monoisotopic (exact) mass is 819 g/mol. The Kier molecular flexibility index (Phi) is 46.3. The molecule has 0 saturated carbocycles.